The quantitative estimate of drug-likeness (QED) is 0.845. The molecule has 17 heavy (non-hydrogen) atoms. The Labute approximate surface area is 99.1 Å². The molecular weight excluding hydrogens is 218 g/mol. The second kappa shape index (κ2) is 3.89. The van der Waals surface area contributed by atoms with Crippen molar-refractivity contribution in [2.24, 2.45) is 7.05 Å². The van der Waals surface area contributed by atoms with Gasteiger partial charge in [-0.15, -0.1) is 0 Å². The lowest BCUT2D eigenvalue weighted by Gasteiger charge is -2.18. The van der Waals surface area contributed by atoms with E-state index in [0.717, 1.165) is 16.6 Å². The van der Waals surface area contributed by atoms with Crippen molar-refractivity contribution in [3.8, 4) is 0 Å². The van der Waals surface area contributed by atoms with Gasteiger partial charge in [-0.3, -0.25) is 0 Å². The SMILES string of the molecule is Cn1c(CC(C)(O)C(=O)O)cc2ccccc21. The monoisotopic (exact) mass is 233 g/mol. The number of aryl methyl sites for hydroxylation is 1. The van der Waals surface area contributed by atoms with Crippen molar-refractivity contribution in [3.05, 3.63) is 36.0 Å². The molecule has 4 nitrogen and oxygen atoms in total. The second-order valence-electron chi connectivity index (χ2n) is 4.51. The van der Waals surface area contributed by atoms with Crippen molar-refractivity contribution in [1.29, 1.82) is 0 Å². The molecule has 0 saturated carbocycles. The van der Waals surface area contributed by atoms with E-state index in [1.165, 1.54) is 6.92 Å². The van der Waals surface area contributed by atoms with E-state index < -0.39 is 11.6 Å². The molecule has 2 N–H and O–H groups in total. The van der Waals surface area contributed by atoms with E-state index in [1.54, 1.807) is 0 Å². The molecule has 90 valence electrons. The third-order valence-corrected chi connectivity index (χ3v) is 3.04. The van der Waals surface area contributed by atoms with Crippen LogP contribution in [-0.2, 0) is 18.3 Å². The molecule has 4 heteroatoms. The number of nitrogens with zero attached hydrogens (tertiary/aromatic N) is 1. The van der Waals surface area contributed by atoms with E-state index in [1.807, 2.05) is 41.9 Å². The fraction of sp³-hybridized carbons (Fsp3) is 0.308. The summed E-state index contributed by atoms with van der Waals surface area (Å²) in [7, 11) is 1.87. The molecule has 0 amide bonds. The fourth-order valence-corrected chi connectivity index (χ4v) is 1.94. The summed E-state index contributed by atoms with van der Waals surface area (Å²) in [5.41, 5.74) is 0.101. The Hall–Kier alpha value is -1.81. The Kier molecular flexibility index (Phi) is 2.67. The Morgan fingerprint density at radius 2 is 2.06 bits per heavy atom. The van der Waals surface area contributed by atoms with Crippen LogP contribution >= 0.6 is 0 Å². The van der Waals surface area contributed by atoms with Crippen molar-refractivity contribution in [2.45, 2.75) is 18.9 Å². The zero-order valence-electron chi connectivity index (χ0n) is 9.84. The Balaban J connectivity index is 2.43. The average Bonchev–Trinajstić information content (AvgIpc) is 2.56. The summed E-state index contributed by atoms with van der Waals surface area (Å²) in [4.78, 5) is 10.9. The molecule has 1 aromatic heterocycles. The van der Waals surface area contributed by atoms with Gasteiger partial charge in [0, 0.05) is 24.7 Å². The van der Waals surface area contributed by atoms with Gasteiger partial charge in [-0.25, -0.2) is 4.79 Å². The van der Waals surface area contributed by atoms with Crippen LogP contribution in [0.3, 0.4) is 0 Å². The number of carbonyl (C=O) groups is 1. The summed E-state index contributed by atoms with van der Waals surface area (Å²) >= 11 is 0. The molecule has 1 unspecified atom stereocenters. The molecule has 0 radical (unpaired) electrons. The topological polar surface area (TPSA) is 62.5 Å². The van der Waals surface area contributed by atoms with Crippen molar-refractivity contribution < 1.29 is 15.0 Å². The van der Waals surface area contributed by atoms with Gasteiger partial charge in [-0.05, 0) is 24.4 Å². The molecule has 0 aliphatic heterocycles. The van der Waals surface area contributed by atoms with Crippen LogP contribution in [0.25, 0.3) is 10.9 Å². The van der Waals surface area contributed by atoms with E-state index in [4.69, 9.17) is 5.11 Å². The molecule has 0 fully saturated rings. The number of hydrogen-bond donors (Lipinski definition) is 2. The molecule has 1 heterocycles. The Bertz CT molecular complexity index is 569. The van der Waals surface area contributed by atoms with E-state index in [0.29, 0.717) is 0 Å². The summed E-state index contributed by atoms with van der Waals surface area (Å²) in [6.45, 7) is 1.31. The fourth-order valence-electron chi connectivity index (χ4n) is 1.94. The summed E-state index contributed by atoms with van der Waals surface area (Å²) in [5.74, 6) is -1.21. The molecule has 0 spiro atoms. The number of fused-ring (bicyclic) bond motifs is 1. The highest BCUT2D eigenvalue weighted by atomic mass is 16.4. The van der Waals surface area contributed by atoms with E-state index >= 15 is 0 Å². The lowest BCUT2D eigenvalue weighted by atomic mass is 10.0. The number of rotatable bonds is 3. The predicted octanol–water partition coefficient (Wildman–Crippen LogP) is 1.56. The molecular formula is C13H15NO3. The summed E-state index contributed by atoms with van der Waals surface area (Å²) < 4.78 is 1.91. The van der Waals surface area contributed by atoms with Gasteiger partial charge in [-0.1, -0.05) is 18.2 Å². The minimum atomic E-state index is -1.73. The minimum absolute atomic E-state index is 0.0908. The number of hydrogen-bond acceptors (Lipinski definition) is 2. The lowest BCUT2D eigenvalue weighted by molar-refractivity contribution is -0.156. The van der Waals surface area contributed by atoms with Crippen molar-refractivity contribution in [1.82, 2.24) is 4.57 Å². The lowest BCUT2D eigenvalue weighted by Crippen LogP contribution is -2.37. The average molecular weight is 233 g/mol. The van der Waals surface area contributed by atoms with Crippen LogP contribution in [0, 0.1) is 0 Å². The number of benzene rings is 1. The third kappa shape index (κ3) is 2.03. The normalized spacial score (nSPS) is 14.8. The van der Waals surface area contributed by atoms with Crippen LogP contribution in [-0.4, -0.2) is 26.4 Å². The van der Waals surface area contributed by atoms with Crippen LogP contribution in [0.2, 0.25) is 0 Å². The first kappa shape index (κ1) is 11.7. The van der Waals surface area contributed by atoms with Crippen molar-refractivity contribution in [3.63, 3.8) is 0 Å². The molecule has 0 bridgehead atoms. The van der Waals surface area contributed by atoms with Gasteiger partial charge < -0.3 is 14.8 Å². The molecule has 2 rings (SSSR count). The molecule has 0 aliphatic carbocycles. The maximum atomic E-state index is 10.9. The molecule has 2 aromatic rings. The molecule has 1 aromatic carbocycles. The number of aliphatic carboxylic acids is 1. The zero-order valence-corrected chi connectivity index (χ0v) is 9.84. The van der Waals surface area contributed by atoms with Crippen molar-refractivity contribution >= 4 is 16.9 Å². The van der Waals surface area contributed by atoms with Crippen molar-refractivity contribution in [2.75, 3.05) is 0 Å². The number of aromatic nitrogens is 1. The van der Waals surface area contributed by atoms with Gasteiger partial charge in [0.25, 0.3) is 0 Å². The highest BCUT2D eigenvalue weighted by Gasteiger charge is 2.31. The predicted molar refractivity (Wildman–Crippen MR) is 64.9 cm³/mol. The van der Waals surface area contributed by atoms with Crippen LogP contribution in [0.15, 0.2) is 30.3 Å². The van der Waals surface area contributed by atoms with Gasteiger partial charge in [0.1, 0.15) is 0 Å². The van der Waals surface area contributed by atoms with E-state index in [9.17, 15) is 9.90 Å². The van der Waals surface area contributed by atoms with Gasteiger partial charge in [0.15, 0.2) is 5.60 Å². The third-order valence-electron chi connectivity index (χ3n) is 3.04. The first-order valence-electron chi connectivity index (χ1n) is 5.41. The minimum Gasteiger partial charge on any atom is -0.479 e. The number of carboxylic acids is 1. The number of aliphatic hydroxyl groups is 1. The Morgan fingerprint density at radius 1 is 1.41 bits per heavy atom. The van der Waals surface area contributed by atoms with Gasteiger partial charge in [-0.2, -0.15) is 0 Å². The molecule has 0 aliphatic rings. The standard InChI is InChI=1S/C13H15NO3/c1-13(17,12(15)16)8-10-7-9-5-3-4-6-11(9)14(10)2/h3-7,17H,8H2,1-2H3,(H,15,16). The van der Waals surface area contributed by atoms with Crippen LogP contribution in [0.4, 0.5) is 0 Å². The van der Waals surface area contributed by atoms with E-state index in [2.05, 4.69) is 0 Å². The van der Waals surface area contributed by atoms with E-state index in [-0.39, 0.29) is 6.42 Å². The van der Waals surface area contributed by atoms with Crippen LogP contribution < -0.4 is 0 Å². The number of carboxylic acid groups (broad SMARTS) is 1. The maximum Gasteiger partial charge on any atom is 0.335 e. The maximum absolute atomic E-state index is 10.9. The second-order valence-corrected chi connectivity index (χ2v) is 4.51. The van der Waals surface area contributed by atoms with Crippen LogP contribution in [0.5, 0.6) is 0 Å². The van der Waals surface area contributed by atoms with Gasteiger partial charge in [0.05, 0.1) is 0 Å². The first-order chi connectivity index (χ1) is 7.92. The Morgan fingerprint density at radius 3 is 2.65 bits per heavy atom. The van der Waals surface area contributed by atoms with Gasteiger partial charge in [0.2, 0.25) is 0 Å². The van der Waals surface area contributed by atoms with Gasteiger partial charge >= 0.3 is 5.97 Å². The number of para-hydroxylation sites is 1. The largest absolute Gasteiger partial charge is 0.479 e. The first-order valence-corrected chi connectivity index (χ1v) is 5.41. The molecule has 1 atom stereocenters. The zero-order chi connectivity index (χ0) is 12.6. The van der Waals surface area contributed by atoms with Crippen LogP contribution in [0.1, 0.15) is 12.6 Å². The highest BCUT2D eigenvalue weighted by molar-refractivity contribution is 5.82. The summed E-state index contributed by atoms with van der Waals surface area (Å²) in [6, 6.07) is 9.71. The summed E-state index contributed by atoms with van der Waals surface area (Å²) in [5, 5.41) is 19.7. The summed E-state index contributed by atoms with van der Waals surface area (Å²) in [6.07, 6.45) is 0.0908. The molecule has 0 saturated heterocycles. The smallest absolute Gasteiger partial charge is 0.335 e. The highest BCUT2D eigenvalue weighted by Crippen LogP contribution is 2.22.